The Morgan fingerprint density at radius 3 is 1.30 bits per heavy atom. The summed E-state index contributed by atoms with van der Waals surface area (Å²) in [7, 11) is 2.91. The molecule has 3 atom stereocenters. The number of hydroxylamine groups is 2. The Morgan fingerprint density at radius 2 is 0.857 bits per heavy atom. The van der Waals surface area contributed by atoms with Crippen LogP contribution in [0.2, 0.25) is 0 Å². The second-order valence-electron chi connectivity index (χ2n) is 15.3. The highest BCUT2D eigenvalue weighted by Crippen LogP contribution is 2.47. The number of halogens is 15. The van der Waals surface area contributed by atoms with Gasteiger partial charge in [0.1, 0.15) is 5.92 Å². The van der Waals surface area contributed by atoms with Crippen LogP contribution in [0.1, 0.15) is 23.0 Å². The lowest BCUT2D eigenvalue weighted by Gasteiger charge is -2.21. The maximum absolute atomic E-state index is 16.3. The molecular formula is C45H22F15N5O5. The number of carbonyl (C=O) groups is 2. The summed E-state index contributed by atoms with van der Waals surface area (Å²) in [6, 6.07) is 2.45. The number of ether oxygens (including phenoxy) is 2. The Hall–Kier alpha value is -7.80. The average Bonchev–Trinajstić information content (AvgIpc) is 4.22. The minimum atomic E-state index is -2.66. The van der Waals surface area contributed by atoms with Crippen LogP contribution in [0.15, 0.2) is 30.3 Å². The molecule has 0 saturated carbocycles. The van der Waals surface area contributed by atoms with Crippen LogP contribution in [-0.4, -0.2) is 64.3 Å². The zero-order valence-electron chi connectivity index (χ0n) is 34.9. The van der Waals surface area contributed by atoms with E-state index in [-0.39, 0.29) is 5.52 Å². The van der Waals surface area contributed by atoms with Crippen LogP contribution in [-0.2, 0) is 23.9 Å². The predicted molar refractivity (Wildman–Crippen MR) is 214 cm³/mol. The molecule has 0 radical (unpaired) electrons. The van der Waals surface area contributed by atoms with Gasteiger partial charge in [-0.05, 0) is 48.0 Å². The zero-order valence-corrected chi connectivity index (χ0v) is 34.9. The molecule has 70 heavy (non-hydrogen) atoms. The van der Waals surface area contributed by atoms with Crippen molar-refractivity contribution in [1.29, 1.82) is 0 Å². The number of aromatic amines is 3. The van der Waals surface area contributed by atoms with Crippen molar-refractivity contribution in [1.82, 2.24) is 25.0 Å². The molecule has 1 fully saturated rings. The van der Waals surface area contributed by atoms with Gasteiger partial charge in [-0.15, -0.1) is 0 Å². The molecule has 0 aliphatic carbocycles. The van der Waals surface area contributed by atoms with Crippen LogP contribution >= 0.6 is 0 Å². The Kier molecular flexibility index (Phi) is 11.5. The maximum Gasteiger partial charge on any atom is 0.338 e. The number of H-pyrrole nitrogens is 3. The molecule has 10 nitrogen and oxygen atoms in total. The summed E-state index contributed by atoms with van der Waals surface area (Å²) < 4.78 is 240. The normalized spacial score (nSPS) is 16.5. The summed E-state index contributed by atoms with van der Waals surface area (Å²) in [5.74, 6) is -42.2. The van der Waals surface area contributed by atoms with E-state index in [1.54, 1.807) is 0 Å². The van der Waals surface area contributed by atoms with E-state index >= 15 is 43.9 Å². The molecule has 9 rings (SSSR count). The Labute approximate surface area is 378 Å². The number of methoxy groups -OCH3 is 2. The SMILES string of the molecule is COC(=O)[C@@H]1[C@@H](C(=O)OC)ON(C)[C@@H]1c1cc2[nH]c1c(-c1c(F)c(F)c(F)c(F)c1F)c1ccc([nH]1)c(-c1c(F)c(F)c(F)c(F)c1F)c1ccc([nH]1)c(-c1c(F)c(F)c(F)c(F)c1F)c1nc2C=C1. The number of hydrogen-bond donors (Lipinski definition) is 3. The molecular weight excluding hydrogens is 975 g/mol. The van der Waals surface area contributed by atoms with Crippen molar-refractivity contribution < 1.29 is 89.8 Å². The highest BCUT2D eigenvalue weighted by Gasteiger charge is 2.52. The summed E-state index contributed by atoms with van der Waals surface area (Å²) >= 11 is 0. The number of fused-ring (bicyclic) bond motifs is 9. The van der Waals surface area contributed by atoms with Crippen LogP contribution in [0.3, 0.4) is 0 Å². The van der Waals surface area contributed by atoms with E-state index in [1.165, 1.54) is 0 Å². The predicted octanol–water partition coefficient (Wildman–Crippen LogP) is 11.0. The van der Waals surface area contributed by atoms with Gasteiger partial charge in [0.2, 0.25) is 17.5 Å². The van der Waals surface area contributed by atoms with E-state index in [0.29, 0.717) is 0 Å². The van der Waals surface area contributed by atoms with Gasteiger partial charge in [-0.25, -0.2) is 75.6 Å². The number of rotatable bonds is 6. The van der Waals surface area contributed by atoms with Gasteiger partial charge < -0.3 is 24.4 Å². The second-order valence-corrected chi connectivity index (χ2v) is 15.3. The van der Waals surface area contributed by atoms with Gasteiger partial charge in [0.25, 0.3) is 0 Å². The number of aromatic nitrogens is 4. The summed E-state index contributed by atoms with van der Waals surface area (Å²) in [6.45, 7) is 0. The first-order valence-electron chi connectivity index (χ1n) is 19.6. The molecule has 7 aromatic rings. The molecule has 6 heterocycles. The number of hydrogen-bond acceptors (Lipinski definition) is 7. The lowest BCUT2D eigenvalue weighted by Crippen LogP contribution is -2.35. The quantitative estimate of drug-likeness (QED) is 0.0656. The topological polar surface area (TPSA) is 125 Å². The van der Waals surface area contributed by atoms with E-state index in [0.717, 1.165) is 68.8 Å². The summed E-state index contributed by atoms with van der Waals surface area (Å²) in [5.41, 5.74) is -14.2. The van der Waals surface area contributed by atoms with E-state index in [4.69, 9.17) is 14.3 Å². The average molecular weight is 998 g/mol. The van der Waals surface area contributed by atoms with Crippen molar-refractivity contribution >= 4 is 57.2 Å². The molecule has 0 amide bonds. The van der Waals surface area contributed by atoms with Crippen LogP contribution in [0.25, 0.3) is 78.6 Å². The molecule has 8 bridgehead atoms. The van der Waals surface area contributed by atoms with Crippen molar-refractivity contribution in [2.24, 2.45) is 5.92 Å². The standard InChI is InChI=1S/C45H22F15N5O5/c1-65-42(25(44(66)68-2)43(70-65)45(67)69-3)11-10-18-12-4-5-13(61-12)19(22-26(46)32(52)38(58)33(53)27(22)47)14-6-7-15(62-14)20(23-28(48)34(54)39(59)35(55)29(23)49)16-8-9-17(63-16)21(41(11)64-18)24-30(50)36(56)40(60)37(57)31(24)51/h4-10,25,42-43,62-64H,1-3H3/t25-,42+,43-/m0/s1. The smallest absolute Gasteiger partial charge is 0.338 e. The van der Waals surface area contributed by atoms with Crippen LogP contribution < -0.4 is 0 Å². The number of carbonyl (C=O) groups excluding carboxylic acids is 2. The first kappa shape index (κ1) is 47.3. The number of benzene rings is 3. The fourth-order valence-electron chi connectivity index (χ4n) is 8.54. The van der Waals surface area contributed by atoms with Gasteiger partial charge in [0, 0.05) is 45.8 Å². The van der Waals surface area contributed by atoms with E-state index in [9.17, 15) is 31.5 Å². The third kappa shape index (κ3) is 6.87. The lowest BCUT2D eigenvalue weighted by molar-refractivity contribution is -0.182. The first-order chi connectivity index (χ1) is 33.1. The second kappa shape index (κ2) is 17.0. The third-order valence-electron chi connectivity index (χ3n) is 11.7. The maximum atomic E-state index is 16.3. The number of esters is 2. The fourth-order valence-corrected chi connectivity index (χ4v) is 8.54. The molecule has 1 saturated heterocycles. The summed E-state index contributed by atoms with van der Waals surface area (Å²) in [5, 5.41) is 0.838. The van der Waals surface area contributed by atoms with Crippen molar-refractivity contribution in [3.05, 3.63) is 135 Å². The van der Waals surface area contributed by atoms with E-state index < -0.39 is 195 Å². The van der Waals surface area contributed by atoms with Crippen molar-refractivity contribution in [2.75, 3.05) is 21.3 Å². The van der Waals surface area contributed by atoms with Crippen LogP contribution in [0.5, 0.6) is 0 Å². The van der Waals surface area contributed by atoms with Crippen molar-refractivity contribution in [2.45, 2.75) is 12.1 Å². The molecule has 3 aromatic carbocycles. The molecule has 0 spiro atoms. The molecule has 2 aliphatic rings. The summed E-state index contributed by atoms with van der Waals surface area (Å²) in [4.78, 5) is 44.1. The highest BCUT2D eigenvalue weighted by molar-refractivity contribution is 6.02. The van der Waals surface area contributed by atoms with E-state index in [1.807, 2.05) is 0 Å². The molecule has 362 valence electrons. The van der Waals surface area contributed by atoms with Crippen molar-refractivity contribution in [3.8, 4) is 33.4 Å². The molecule has 0 unspecified atom stereocenters. The van der Waals surface area contributed by atoms with Gasteiger partial charge in [-0.2, -0.15) is 5.06 Å². The fraction of sp³-hybridized carbons (Fsp3) is 0.133. The zero-order chi connectivity index (χ0) is 50.7. The minimum Gasteiger partial charge on any atom is -0.469 e. The first-order valence-corrected chi connectivity index (χ1v) is 19.6. The number of nitrogens with zero attached hydrogens (tertiary/aromatic N) is 2. The van der Waals surface area contributed by atoms with E-state index in [2.05, 4.69) is 19.9 Å². The Bertz CT molecular complexity index is 3540. The molecule has 4 aromatic heterocycles. The van der Waals surface area contributed by atoms with Gasteiger partial charge in [0.05, 0.1) is 59.4 Å². The highest BCUT2D eigenvalue weighted by atomic mass is 19.2. The molecule has 25 heteroatoms. The lowest BCUT2D eigenvalue weighted by atomic mass is 9.88. The van der Waals surface area contributed by atoms with Crippen molar-refractivity contribution in [3.63, 3.8) is 0 Å². The molecule has 3 N–H and O–H groups in total. The third-order valence-corrected chi connectivity index (χ3v) is 11.7. The monoisotopic (exact) mass is 997 g/mol. The van der Waals surface area contributed by atoms with Crippen LogP contribution in [0.4, 0.5) is 65.9 Å². The summed E-state index contributed by atoms with van der Waals surface area (Å²) in [6.07, 6.45) is 0.0679. The van der Waals surface area contributed by atoms with Crippen LogP contribution in [0, 0.1) is 93.2 Å². The van der Waals surface area contributed by atoms with Gasteiger partial charge >= 0.3 is 11.9 Å². The Balaban J connectivity index is 1.58. The Morgan fingerprint density at radius 1 is 0.486 bits per heavy atom. The number of nitrogens with one attached hydrogen (secondary N) is 3. The molecule has 2 aliphatic heterocycles. The minimum absolute atomic E-state index is 0.379. The van der Waals surface area contributed by atoms with Gasteiger partial charge in [0.15, 0.2) is 75.9 Å². The van der Waals surface area contributed by atoms with Gasteiger partial charge in [-0.1, -0.05) is 0 Å². The van der Waals surface area contributed by atoms with Gasteiger partial charge in [-0.3, -0.25) is 9.63 Å². The largest absolute Gasteiger partial charge is 0.469 e.